The van der Waals surface area contributed by atoms with Crippen LogP contribution >= 0.6 is 15.9 Å². The number of nitrogens with zero attached hydrogens (tertiary/aromatic N) is 1. The molecule has 1 rings (SSSR count). The van der Waals surface area contributed by atoms with Gasteiger partial charge in [0.2, 0.25) is 0 Å². The third-order valence-corrected chi connectivity index (χ3v) is 2.72. The highest BCUT2D eigenvalue weighted by Crippen LogP contribution is 2.26. The first-order chi connectivity index (χ1) is 7.19. The normalized spacial score (nSPS) is 12.1. The molecule has 0 aromatic heterocycles. The van der Waals surface area contributed by atoms with Crippen molar-refractivity contribution in [3.05, 3.63) is 33.8 Å². The lowest BCUT2D eigenvalue weighted by atomic mass is 10.1. The van der Waals surface area contributed by atoms with Crippen molar-refractivity contribution in [2.45, 2.75) is 13.0 Å². The smallest absolute Gasteiger partial charge is 0.147 e. The van der Waals surface area contributed by atoms with Crippen LogP contribution in [0.4, 0.5) is 0 Å². The van der Waals surface area contributed by atoms with Crippen molar-refractivity contribution in [2.24, 2.45) is 0 Å². The summed E-state index contributed by atoms with van der Waals surface area (Å²) >= 11 is 3.42. The van der Waals surface area contributed by atoms with Crippen LogP contribution in [0, 0.1) is 11.3 Å². The zero-order valence-corrected chi connectivity index (χ0v) is 10.2. The molecule has 0 spiro atoms. The van der Waals surface area contributed by atoms with E-state index in [0.29, 0.717) is 5.56 Å². The van der Waals surface area contributed by atoms with E-state index in [4.69, 9.17) is 14.7 Å². The summed E-state index contributed by atoms with van der Waals surface area (Å²) in [6.45, 7) is 2.16. The Labute approximate surface area is 97.7 Å². The van der Waals surface area contributed by atoms with E-state index >= 15 is 0 Å². The van der Waals surface area contributed by atoms with Gasteiger partial charge >= 0.3 is 0 Å². The first-order valence-corrected chi connectivity index (χ1v) is 5.28. The minimum atomic E-state index is -0.104. The summed E-state index contributed by atoms with van der Waals surface area (Å²) in [6, 6.07) is 7.52. The molecule has 0 bridgehead atoms. The molecular weight excluding hydrogens is 258 g/mol. The number of benzene rings is 1. The van der Waals surface area contributed by atoms with Crippen molar-refractivity contribution in [3.8, 4) is 6.07 Å². The molecule has 0 aliphatic carbocycles. The fraction of sp³-hybridized carbons (Fsp3) is 0.364. The molecule has 80 valence electrons. The SMILES string of the molecule is COCOC(C)c1cc(C#N)ccc1Br. The summed E-state index contributed by atoms with van der Waals surface area (Å²) in [4.78, 5) is 0. The predicted molar refractivity (Wildman–Crippen MR) is 60.2 cm³/mol. The summed E-state index contributed by atoms with van der Waals surface area (Å²) in [7, 11) is 1.58. The molecule has 1 atom stereocenters. The first kappa shape index (κ1) is 12.2. The number of halogens is 1. The van der Waals surface area contributed by atoms with E-state index < -0.39 is 0 Å². The molecule has 0 amide bonds. The average Bonchev–Trinajstić information content (AvgIpc) is 2.26. The van der Waals surface area contributed by atoms with Crippen LogP contribution in [0.2, 0.25) is 0 Å². The van der Waals surface area contributed by atoms with E-state index in [1.165, 1.54) is 0 Å². The molecule has 0 aliphatic heterocycles. The fourth-order valence-electron chi connectivity index (χ4n) is 1.18. The number of ether oxygens (including phenoxy) is 2. The van der Waals surface area contributed by atoms with Crippen molar-refractivity contribution >= 4 is 15.9 Å². The third kappa shape index (κ3) is 3.31. The zero-order chi connectivity index (χ0) is 11.3. The van der Waals surface area contributed by atoms with Gasteiger partial charge in [-0.2, -0.15) is 5.26 Å². The molecule has 15 heavy (non-hydrogen) atoms. The van der Waals surface area contributed by atoms with E-state index in [9.17, 15) is 0 Å². The summed E-state index contributed by atoms with van der Waals surface area (Å²) in [6.07, 6.45) is -0.104. The van der Waals surface area contributed by atoms with Crippen LogP contribution < -0.4 is 0 Å². The van der Waals surface area contributed by atoms with Gasteiger partial charge in [-0.1, -0.05) is 15.9 Å². The summed E-state index contributed by atoms with van der Waals surface area (Å²) < 4.78 is 11.2. The van der Waals surface area contributed by atoms with Crippen LogP contribution in [0.25, 0.3) is 0 Å². The number of nitriles is 1. The van der Waals surface area contributed by atoms with Crippen LogP contribution in [0.5, 0.6) is 0 Å². The summed E-state index contributed by atoms with van der Waals surface area (Å²) in [5.74, 6) is 0. The first-order valence-electron chi connectivity index (χ1n) is 4.49. The van der Waals surface area contributed by atoms with Gasteiger partial charge in [0.05, 0.1) is 17.7 Å². The van der Waals surface area contributed by atoms with Gasteiger partial charge < -0.3 is 9.47 Å². The monoisotopic (exact) mass is 269 g/mol. The Morgan fingerprint density at radius 1 is 1.53 bits per heavy atom. The molecule has 1 aromatic rings. The second-order valence-corrected chi connectivity index (χ2v) is 3.92. The number of hydrogen-bond donors (Lipinski definition) is 0. The molecule has 0 radical (unpaired) electrons. The van der Waals surface area contributed by atoms with Crippen molar-refractivity contribution in [1.29, 1.82) is 5.26 Å². The van der Waals surface area contributed by atoms with Crippen LogP contribution in [-0.4, -0.2) is 13.9 Å². The maximum absolute atomic E-state index is 8.78. The van der Waals surface area contributed by atoms with Gasteiger partial charge in [0, 0.05) is 11.6 Å². The maximum atomic E-state index is 8.78. The van der Waals surface area contributed by atoms with Gasteiger partial charge in [0.15, 0.2) is 0 Å². The molecule has 1 unspecified atom stereocenters. The topological polar surface area (TPSA) is 42.2 Å². The van der Waals surface area contributed by atoms with Gasteiger partial charge in [-0.25, -0.2) is 0 Å². The Bertz CT molecular complexity index is 373. The van der Waals surface area contributed by atoms with Crippen LogP contribution in [0.1, 0.15) is 24.2 Å². The molecule has 0 N–H and O–H groups in total. The van der Waals surface area contributed by atoms with Crippen molar-refractivity contribution in [1.82, 2.24) is 0 Å². The van der Waals surface area contributed by atoms with Crippen LogP contribution in [0.3, 0.4) is 0 Å². The highest BCUT2D eigenvalue weighted by Gasteiger charge is 2.10. The lowest BCUT2D eigenvalue weighted by Crippen LogP contribution is -2.04. The third-order valence-electron chi connectivity index (χ3n) is 2.00. The van der Waals surface area contributed by atoms with Gasteiger partial charge in [0.1, 0.15) is 6.79 Å². The highest BCUT2D eigenvalue weighted by molar-refractivity contribution is 9.10. The number of methoxy groups -OCH3 is 1. The standard InChI is InChI=1S/C11H12BrNO2/c1-8(15-7-14-2)10-5-9(6-13)3-4-11(10)12/h3-5,8H,7H2,1-2H3. The Morgan fingerprint density at radius 3 is 2.87 bits per heavy atom. The van der Waals surface area contributed by atoms with Gasteiger partial charge in [-0.05, 0) is 30.7 Å². The minimum Gasteiger partial charge on any atom is -0.359 e. The van der Waals surface area contributed by atoms with Gasteiger partial charge in [-0.15, -0.1) is 0 Å². The van der Waals surface area contributed by atoms with E-state index in [-0.39, 0.29) is 12.9 Å². The molecule has 1 aromatic carbocycles. The molecule has 0 saturated heterocycles. The van der Waals surface area contributed by atoms with Crippen LogP contribution in [0.15, 0.2) is 22.7 Å². The van der Waals surface area contributed by atoms with E-state index in [1.54, 1.807) is 13.2 Å². The minimum absolute atomic E-state index is 0.104. The lowest BCUT2D eigenvalue weighted by molar-refractivity contribution is -0.0668. The Kier molecular flexibility index (Phi) is 4.76. The Balaban J connectivity index is 2.87. The lowest BCUT2D eigenvalue weighted by Gasteiger charge is -2.14. The van der Waals surface area contributed by atoms with Crippen molar-refractivity contribution < 1.29 is 9.47 Å². The fourth-order valence-corrected chi connectivity index (χ4v) is 1.75. The molecule has 0 fully saturated rings. The van der Waals surface area contributed by atoms with E-state index in [2.05, 4.69) is 22.0 Å². The molecule has 0 heterocycles. The van der Waals surface area contributed by atoms with E-state index in [0.717, 1.165) is 10.0 Å². The maximum Gasteiger partial charge on any atom is 0.147 e. The quantitative estimate of drug-likeness (QED) is 0.790. The molecule has 0 saturated carbocycles. The van der Waals surface area contributed by atoms with Gasteiger partial charge in [0.25, 0.3) is 0 Å². The zero-order valence-electron chi connectivity index (χ0n) is 8.66. The van der Waals surface area contributed by atoms with Crippen molar-refractivity contribution in [3.63, 3.8) is 0 Å². The van der Waals surface area contributed by atoms with E-state index in [1.807, 2.05) is 19.1 Å². The molecule has 3 nitrogen and oxygen atoms in total. The molecule has 0 aliphatic rings. The van der Waals surface area contributed by atoms with Gasteiger partial charge in [-0.3, -0.25) is 0 Å². The number of rotatable bonds is 4. The summed E-state index contributed by atoms with van der Waals surface area (Å²) in [5, 5.41) is 8.78. The number of hydrogen-bond acceptors (Lipinski definition) is 3. The largest absolute Gasteiger partial charge is 0.359 e. The summed E-state index contributed by atoms with van der Waals surface area (Å²) in [5.41, 5.74) is 1.58. The highest BCUT2D eigenvalue weighted by atomic mass is 79.9. The van der Waals surface area contributed by atoms with Crippen molar-refractivity contribution in [2.75, 3.05) is 13.9 Å². The average molecular weight is 270 g/mol. The predicted octanol–water partition coefficient (Wildman–Crippen LogP) is 3.00. The molecule has 4 heteroatoms. The molecular formula is C11H12BrNO2. The second-order valence-electron chi connectivity index (χ2n) is 3.06. The van der Waals surface area contributed by atoms with Crippen LogP contribution in [-0.2, 0) is 9.47 Å². The Morgan fingerprint density at radius 2 is 2.27 bits per heavy atom. The Hall–Kier alpha value is -0.890. The second kappa shape index (κ2) is 5.86.